The number of rotatable bonds is 7. The van der Waals surface area contributed by atoms with Crippen molar-refractivity contribution in [3.8, 4) is 11.1 Å². The lowest BCUT2D eigenvalue weighted by molar-refractivity contribution is 0.0696. The average Bonchev–Trinajstić information content (AvgIpc) is 3.39. The molecule has 7 nitrogen and oxygen atoms in total. The zero-order valence-corrected chi connectivity index (χ0v) is 21.5. The van der Waals surface area contributed by atoms with Crippen molar-refractivity contribution < 1.29 is 23.5 Å². The number of hydrogen-bond donors (Lipinski definition) is 2. The van der Waals surface area contributed by atoms with Gasteiger partial charge in [-0.3, -0.25) is 4.79 Å². The first-order valence-electron chi connectivity index (χ1n) is 12.8. The topological polar surface area (TPSA) is 96.6 Å². The molecule has 0 aliphatic heterocycles. The maximum Gasteiger partial charge on any atom is 0.335 e. The molecule has 0 aliphatic carbocycles. The number of carbonyl (C=O) groups is 2. The molecular weight excluding hydrogens is 526 g/mol. The molecule has 2 aromatic heterocycles. The van der Waals surface area contributed by atoms with Crippen LogP contribution in [0.2, 0.25) is 0 Å². The number of hydrogen-bond acceptors (Lipinski definition) is 4. The van der Waals surface area contributed by atoms with Crippen molar-refractivity contribution in [3.05, 3.63) is 137 Å². The van der Waals surface area contributed by atoms with E-state index < -0.39 is 11.9 Å². The summed E-state index contributed by atoms with van der Waals surface area (Å²) in [5.74, 6) is -2.24. The largest absolute Gasteiger partial charge is 0.478 e. The van der Waals surface area contributed by atoms with Gasteiger partial charge in [0.1, 0.15) is 17.2 Å². The molecule has 0 saturated heterocycles. The molecule has 41 heavy (non-hydrogen) atoms. The van der Waals surface area contributed by atoms with Crippen LogP contribution in [0.4, 0.5) is 8.78 Å². The molecule has 0 fully saturated rings. The number of pyridine rings is 1. The molecule has 0 aliphatic rings. The Bertz CT molecular complexity index is 1930. The van der Waals surface area contributed by atoms with Gasteiger partial charge in [-0.05, 0) is 69.9 Å². The fourth-order valence-corrected chi connectivity index (χ4v) is 4.80. The van der Waals surface area contributed by atoms with E-state index in [4.69, 9.17) is 5.11 Å². The summed E-state index contributed by atoms with van der Waals surface area (Å²) < 4.78 is 30.1. The highest BCUT2D eigenvalue weighted by Gasteiger charge is 2.20. The number of aromatic nitrogens is 3. The Morgan fingerprint density at radius 1 is 0.854 bits per heavy atom. The minimum atomic E-state index is -1.04. The Morgan fingerprint density at radius 2 is 1.56 bits per heavy atom. The SMILES string of the molecule is O=C(O)c1ccc(CNC(=O)c2cc(-c3ccc(F)cc3)cn3nnc(Cc4cc5ccccc5cc4F)c23)cc1. The second-order valence-corrected chi connectivity index (χ2v) is 9.63. The lowest BCUT2D eigenvalue weighted by atomic mass is 10.00. The molecule has 6 aromatic rings. The van der Waals surface area contributed by atoms with Gasteiger partial charge in [0.25, 0.3) is 5.91 Å². The first-order chi connectivity index (χ1) is 19.9. The summed E-state index contributed by atoms with van der Waals surface area (Å²) in [6.45, 7) is 0.141. The van der Waals surface area contributed by atoms with Gasteiger partial charge < -0.3 is 10.4 Å². The number of aromatic carboxylic acids is 1. The molecule has 4 aromatic carbocycles. The quantitative estimate of drug-likeness (QED) is 0.253. The minimum Gasteiger partial charge on any atom is -0.478 e. The predicted molar refractivity (Wildman–Crippen MR) is 150 cm³/mol. The van der Waals surface area contributed by atoms with Crippen molar-refractivity contribution in [2.24, 2.45) is 0 Å². The summed E-state index contributed by atoms with van der Waals surface area (Å²) in [6, 6.07) is 24.4. The monoisotopic (exact) mass is 548 g/mol. The molecule has 0 bridgehead atoms. The van der Waals surface area contributed by atoms with E-state index in [0.29, 0.717) is 33.5 Å². The van der Waals surface area contributed by atoms with E-state index in [1.165, 1.54) is 34.8 Å². The van der Waals surface area contributed by atoms with Gasteiger partial charge >= 0.3 is 5.97 Å². The summed E-state index contributed by atoms with van der Waals surface area (Å²) >= 11 is 0. The molecule has 202 valence electrons. The van der Waals surface area contributed by atoms with Crippen molar-refractivity contribution in [1.82, 2.24) is 20.1 Å². The van der Waals surface area contributed by atoms with Crippen molar-refractivity contribution in [1.29, 1.82) is 0 Å². The smallest absolute Gasteiger partial charge is 0.335 e. The van der Waals surface area contributed by atoms with Crippen LogP contribution >= 0.6 is 0 Å². The summed E-state index contributed by atoms with van der Waals surface area (Å²) in [6.07, 6.45) is 1.80. The third-order valence-electron chi connectivity index (χ3n) is 6.93. The number of benzene rings is 4. The molecule has 0 atom stereocenters. The molecule has 6 rings (SSSR count). The summed E-state index contributed by atoms with van der Waals surface area (Å²) in [4.78, 5) is 24.7. The predicted octanol–water partition coefficient (Wildman–Crippen LogP) is 6.05. The molecule has 2 heterocycles. The summed E-state index contributed by atoms with van der Waals surface area (Å²) in [5, 5.41) is 22.2. The molecule has 0 spiro atoms. The van der Waals surface area contributed by atoms with Crippen LogP contribution in [0.1, 0.15) is 37.5 Å². The van der Waals surface area contributed by atoms with Gasteiger partial charge in [0.15, 0.2) is 0 Å². The van der Waals surface area contributed by atoms with Crippen LogP contribution in [0.15, 0.2) is 97.2 Å². The van der Waals surface area contributed by atoms with Crippen LogP contribution in [0, 0.1) is 11.6 Å². The van der Waals surface area contributed by atoms with E-state index in [1.54, 1.807) is 42.6 Å². The van der Waals surface area contributed by atoms with Gasteiger partial charge in [-0.2, -0.15) is 0 Å². The molecular formula is C32H22F2N4O3. The standard InChI is InChI=1S/C32H22F2N4O3/c33-26-11-9-20(10-12-26)25-14-27(31(39)35-17-19-5-7-21(8-6-19)32(40)41)30-29(36-37-38(30)18-25)16-24-13-22-3-1-2-4-23(22)15-28(24)34/h1-15,18H,16-17H2,(H,35,39)(H,40,41). The minimum absolute atomic E-state index is 0.104. The number of fused-ring (bicyclic) bond motifs is 2. The van der Waals surface area contributed by atoms with Crippen molar-refractivity contribution in [2.75, 3.05) is 0 Å². The maximum absolute atomic E-state index is 15.1. The highest BCUT2D eigenvalue weighted by atomic mass is 19.1. The van der Waals surface area contributed by atoms with Crippen LogP contribution in [0.25, 0.3) is 27.4 Å². The fraction of sp³-hybridized carbons (Fsp3) is 0.0625. The Kier molecular flexibility index (Phi) is 6.68. The zero-order chi connectivity index (χ0) is 28.5. The Hall–Kier alpha value is -5.44. The highest BCUT2D eigenvalue weighted by Crippen LogP contribution is 2.27. The van der Waals surface area contributed by atoms with Gasteiger partial charge in [0.05, 0.1) is 16.8 Å². The second kappa shape index (κ2) is 10.6. The number of carboxylic acids is 1. The number of amides is 1. The summed E-state index contributed by atoms with van der Waals surface area (Å²) in [5.41, 5.74) is 3.64. The molecule has 0 unspecified atom stereocenters. The first kappa shape index (κ1) is 25.8. The number of carboxylic acid groups (broad SMARTS) is 1. The first-order valence-corrected chi connectivity index (χ1v) is 12.8. The summed E-state index contributed by atoms with van der Waals surface area (Å²) in [7, 11) is 0. The Labute approximate surface area is 232 Å². The van der Waals surface area contributed by atoms with E-state index in [1.807, 2.05) is 24.3 Å². The van der Waals surface area contributed by atoms with E-state index in [-0.39, 0.29) is 35.7 Å². The van der Waals surface area contributed by atoms with E-state index in [0.717, 1.165) is 10.8 Å². The van der Waals surface area contributed by atoms with Crippen LogP contribution < -0.4 is 5.32 Å². The zero-order valence-electron chi connectivity index (χ0n) is 21.5. The van der Waals surface area contributed by atoms with E-state index >= 15 is 4.39 Å². The van der Waals surface area contributed by atoms with Gasteiger partial charge in [-0.15, -0.1) is 5.10 Å². The average molecular weight is 549 g/mol. The number of nitrogens with zero attached hydrogens (tertiary/aromatic N) is 3. The van der Waals surface area contributed by atoms with Crippen molar-refractivity contribution in [3.63, 3.8) is 0 Å². The maximum atomic E-state index is 15.1. The lowest BCUT2D eigenvalue weighted by Gasteiger charge is -2.11. The number of halogens is 2. The van der Waals surface area contributed by atoms with Gasteiger partial charge in [-0.1, -0.05) is 53.7 Å². The van der Waals surface area contributed by atoms with Crippen molar-refractivity contribution in [2.45, 2.75) is 13.0 Å². The van der Waals surface area contributed by atoms with E-state index in [2.05, 4.69) is 15.6 Å². The molecule has 0 saturated carbocycles. The van der Waals surface area contributed by atoms with Gasteiger partial charge in [-0.25, -0.2) is 18.1 Å². The molecule has 1 amide bonds. The molecule has 0 radical (unpaired) electrons. The fourth-order valence-electron chi connectivity index (χ4n) is 4.80. The Balaban J connectivity index is 1.39. The third-order valence-corrected chi connectivity index (χ3v) is 6.93. The van der Waals surface area contributed by atoms with Crippen LogP contribution in [0.5, 0.6) is 0 Å². The van der Waals surface area contributed by atoms with Crippen LogP contribution in [-0.2, 0) is 13.0 Å². The van der Waals surface area contributed by atoms with Crippen LogP contribution in [0.3, 0.4) is 0 Å². The van der Waals surface area contributed by atoms with Gasteiger partial charge in [0.2, 0.25) is 0 Å². The van der Waals surface area contributed by atoms with Crippen molar-refractivity contribution >= 4 is 28.2 Å². The normalized spacial score (nSPS) is 11.2. The lowest BCUT2D eigenvalue weighted by Crippen LogP contribution is -2.24. The number of carbonyl (C=O) groups excluding carboxylic acids is 1. The second-order valence-electron chi connectivity index (χ2n) is 9.63. The molecule has 2 N–H and O–H groups in total. The van der Waals surface area contributed by atoms with E-state index in [9.17, 15) is 14.0 Å². The molecule has 9 heteroatoms. The number of nitrogens with one attached hydrogen (secondary N) is 1. The van der Waals surface area contributed by atoms with Gasteiger partial charge in [0, 0.05) is 24.7 Å². The highest BCUT2D eigenvalue weighted by molar-refractivity contribution is 6.02. The van der Waals surface area contributed by atoms with Crippen LogP contribution in [-0.4, -0.2) is 31.8 Å². The Morgan fingerprint density at radius 3 is 2.27 bits per heavy atom. The third kappa shape index (κ3) is 5.25.